The van der Waals surface area contributed by atoms with Crippen molar-refractivity contribution in [3.8, 4) is 5.75 Å². The second-order valence-electron chi connectivity index (χ2n) is 2.92. The molecule has 1 atom stereocenters. The largest absolute Gasteiger partial charge is 0.490 e. The van der Waals surface area contributed by atoms with Crippen molar-refractivity contribution in [1.82, 2.24) is 0 Å². The van der Waals surface area contributed by atoms with E-state index in [9.17, 15) is 9.50 Å². The van der Waals surface area contributed by atoms with Crippen LogP contribution in [0.3, 0.4) is 0 Å². The van der Waals surface area contributed by atoms with E-state index < -0.39 is 6.10 Å². The van der Waals surface area contributed by atoms with E-state index in [0.717, 1.165) is 5.56 Å². The van der Waals surface area contributed by atoms with Crippen LogP contribution in [0.15, 0.2) is 18.2 Å². The molecule has 0 fully saturated rings. The van der Waals surface area contributed by atoms with E-state index in [0.29, 0.717) is 12.2 Å². The summed E-state index contributed by atoms with van der Waals surface area (Å²) in [6, 6.07) is 4.37. The maximum absolute atomic E-state index is 12.6. The Labute approximate surface area is 69.6 Å². The first-order valence-electron chi connectivity index (χ1n) is 3.85. The summed E-state index contributed by atoms with van der Waals surface area (Å²) in [6.45, 7) is 0.260. The molecular weight excluding hydrogens is 159 g/mol. The molecule has 2 nitrogen and oxygen atoms in total. The van der Waals surface area contributed by atoms with Gasteiger partial charge in [-0.2, -0.15) is 0 Å². The molecule has 12 heavy (non-hydrogen) atoms. The summed E-state index contributed by atoms with van der Waals surface area (Å²) in [5.74, 6) is 0.255. The number of benzene rings is 1. The Morgan fingerprint density at radius 1 is 1.50 bits per heavy atom. The minimum absolute atomic E-state index is 0.260. The van der Waals surface area contributed by atoms with Crippen molar-refractivity contribution in [2.45, 2.75) is 12.5 Å². The van der Waals surface area contributed by atoms with E-state index in [-0.39, 0.29) is 12.4 Å². The van der Waals surface area contributed by atoms with Gasteiger partial charge in [0, 0.05) is 12.5 Å². The molecule has 3 heteroatoms. The highest BCUT2D eigenvalue weighted by molar-refractivity contribution is 5.35. The maximum atomic E-state index is 12.6. The van der Waals surface area contributed by atoms with Gasteiger partial charge in [0.05, 0.1) is 6.10 Å². The lowest BCUT2D eigenvalue weighted by Crippen LogP contribution is -2.25. The number of hydrogen-bond donors (Lipinski definition) is 1. The number of ether oxygens (including phenoxy) is 1. The van der Waals surface area contributed by atoms with Crippen molar-refractivity contribution < 1.29 is 14.2 Å². The van der Waals surface area contributed by atoms with Crippen LogP contribution in [0.25, 0.3) is 0 Å². The Kier molecular flexibility index (Phi) is 1.73. The van der Waals surface area contributed by atoms with E-state index in [1.807, 2.05) is 0 Å². The zero-order valence-electron chi connectivity index (χ0n) is 6.46. The van der Waals surface area contributed by atoms with Crippen molar-refractivity contribution in [3.63, 3.8) is 0 Å². The fraction of sp³-hybridized carbons (Fsp3) is 0.333. The predicted molar refractivity (Wildman–Crippen MR) is 41.6 cm³/mol. The standard InChI is InChI=1S/C9H9FO2/c10-7-2-1-6-3-8(11)5-12-9(6)4-7/h1-2,4,8,11H,3,5H2. The minimum Gasteiger partial charge on any atom is -0.490 e. The molecule has 64 valence electrons. The van der Waals surface area contributed by atoms with Gasteiger partial charge in [0.1, 0.15) is 18.2 Å². The van der Waals surface area contributed by atoms with E-state index >= 15 is 0 Å². The van der Waals surface area contributed by atoms with Gasteiger partial charge in [0.15, 0.2) is 0 Å². The van der Waals surface area contributed by atoms with E-state index in [2.05, 4.69) is 0 Å². The van der Waals surface area contributed by atoms with Crippen LogP contribution in [0.5, 0.6) is 5.75 Å². The van der Waals surface area contributed by atoms with Crippen molar-refractivity contribution in [2.75, 3.05) is 6.61 Å². The molecule has 0 radical (unpaired) electrons. The van der Waals surface area contributed by atoms with Crippen LogP contribution in [0.1, 0.15) is 5.56 Å². The number of halogens is 1. The number of fused-ring (bicyclic) bond motifs is 1. The van der Waals surface area contributed by atoms with Crippen LogP contribution in [-0.2, 0) is 6.42 Å². The highest BCUT2D eigenvalue weighted by Crippen LogP contribution is 2.25. The van der Waals surface area contributed by atoms with Crippen LogP contribution in [0.4, 0.5) is 4.39 Å². The molecule has 0 saturated heterocycles. The monoisotopic (exact) mass is 168 g/mol. The van der Waals surface area contributed by atoms with Gasteiger partial charge in [-0.15, -0.1) is 0 Å². The normalized spacial score (nSPS) is 21.3. The van der Waals surface area contributed by atoms with Crippen molar-refractivity contribution in [2.24, 2.45) is 0 Å². The summed E-state index contributed by atoms with van der Waals surface area (Å²) in [7, 11) is 0. The Balaban J connectivity index is 2.37. The molecule has 1 aromatic carbocycles. The molecule has 1 aliphatic heterocycles. The van der Waals surface area contributed by atoms with Crippen molar-refractivity contribution in [3.05, 3.63) is 29.6 Å². The summed E-state index contributed by atoms with van der Waals surface area (Å²) < 4.78 is 17.8. The molecule has 0 saturated carbocycles. The Hall–Kier alpha value is -1.09. The van der Waals surface area contributed by atoms with Crippen LogP contribution in [-0.4, -0.2) is 17.8 Å². The van der Waals surface area contributed by atoms with Crippen LogP contribution in [0.2, 0.25) is 0 Å². The van der Waals surface area contributed by atoms with E-state index in [4.69, 9.17) is 4.74 Å². The summed E-state index contributed by atoms with van der Waals surface area (Å²) in [6.07, 6.45) is 0.0956. The maximum Gasteiger partial charge on any atom is 0.126 e. The topological polar surface area (TPSA) is 29.5 Å². The molecular formula is C9H9FO2. The Morgan fingerprint density at radius 2 is 2.33 bits per heavy atom. The zero-order valence-corrected chi connectivity index (χ0v) is 6.46. The lowest BCUT2D eigenvalue weighted by atomic mass is 10.0. The van der Waals surface area contributed by atoms with Gasteiger partial charge in [-0.05, 0) is 11.6 Å². The van der Waals surface area contributed by atoms with E-state index in [1.165, 1.54) is 12.1 Å². The average Bonchev–Trinajstić information content (AvgIpc) is 2.05. The molecule has 1 unspecified atom stereocenters. The third-order valence-electron chi connectivity index (χ3n) is 1.92. The van der Waals surface area contributed by atoms with E-state index in [1.54, 1.807) is 6.07 Å². The SMILES string of the molecule is OC1COc2cc(F)ccc2C1. The van der Waals surface area contributed by atoms with Gasteiger partial charge in [0.2, 0.25) is 0 Å². The van der Waals surface area contributed by atoms with Gasteiger partial charge in [-0.25, -0.2) is 4.39 Å². The van der Waals surface area contributed by atoms with Crippen LogP contribution >= 0.6 is 0 Å². The Bertz CT molecular complexity index is 299. The number of aliphatic hydroxyl groups excluding tert-OH is 1. The number of rotatable bonds is 0. The summed E-state index contributed by atoms with van der Waals surface area (Å²) in [5, 5.41) is 9.21. The third-order valence-corrected chi connectivity index (χ3v) is 1.92. The second kappa shape index (κ2) is 2.75. The minimum atomic E-state index is -0.456. The lowest BCUT2D eigenvalue weighted by molar-refractivity contribution is 0.0918. The van der Waals surface area contributed by atoms with Crippen molar-refractivity contribution >= 4 is 0 Å². The summed E-state index contributed by atoms with van der Waals surface area (Å²) in [4.78, 5) is 0. The molecule has 1 aromatic rings. The first kappa shape index (κ1) is 7.55. The quantitative estimate of drug-likeness (QED) is 0.629. The molecule has 0 bridgehead atoms. The molecule has 1 heterocycles. The molecule has 0 spiro atoms. The number of aliphatic hydroxyl groups is 1. The predicted octanol–water partition coefficient (Wildman–Crippen LogP) is 1.12. The molecule has 0 aliphatic carbocycles. The third kappa shape index (κ3) is 1.28. The lowest BCUT2D eigenvalue weighted by Gasteiger charge is -2.21. The second-order valence-corrected chi connectivity index (χ2v) is 2.92. The first-order valence-corrected chi connectivity index (χ1v) is 3.85. The summed E-state index contributed by atoms with van der Waals surface area (Å²) >= 11 is 0. The molecule has 1 N–H and O–H groups in total. The highest BCUT2D eigenvalue weighted by Gasteiger charge is 2.17. The van der Waals surface area contributed by atoms with Gasteiger partial charge in [-0.1, -0.05) is 6.07 Å². The summed E-state index contributed by atoms with van der Waals surface area (Å²) in [5.41, 5.74) is 0.871. The highest BCUT2D eigenvalue weighted by atomic mass is 19.1. The first-order chi connectivity index (χ1) is 5.75. The fourth-order valence-electron chi connectivity index (χ4n) is 1.33. The van der Waals surface area contributed by atoms with Gasteiger partial charge in [0.25, 0.3) is 0 Å². The average molecular weight is 168 g/mol. The van der Waals surface area contributed by atoms with Crippen LogP contribution < -0.4 is 4.74 Å². The molecule has 0 aromatic heterocycles. The smallest absolute Gasteiger partial charge is 0.126 e. The fourth-order valence-corrected chi connectivity index (χ4v) is 1.33. The van der Waals surface area contributed by atoms with Gasteiger partial charge < -0.3 is 9.84 Å². The molecule has 0 amide bonds. The zero-order chi connectivity index (χ0) is 8.55. The number of hydrogen-bond acceptors (Lipinski definition) is 2. The Morgan fingerprint density at radius 3 is 3.17 bits per heavy atom. The van der Waals surface area contributed by atoms with Gasteiger partial charge in [-0.3, -0.25) is 0 Å². The molecule has 2 rings (SSSR count). The van der Waals surface area contributed by atoms with Crippen molar-refractivity contribution in [1.29, 1.82) is 0 Å². The molecule has 1 aliphatic rings. The van der Waals surface area contributed by atoms with Crippen LogP contribution in [0, 0.1) is 5.82 Å². The van der Waals surface area contributed by atoms with Gasteiger partial charge >= 0.3 is 0 Å².